The van der Waals surface area contributed by atoms with Crippen molar-refractivity contribution in [2.75, 3.05) is 27.7 Å². The summed E-state index contributed by atoms with van der Waals surface area (Å²) < 4.78 is 4.25. The fourth-order valence-electron chi connectivity index (χ4n) is 2.03. The average molecular weight is 422 g/mol. The highest BCUT2D eigenvalue weighted by Crippen LogP contribution is 2.34. The lowest BCUT2D eigenvalue weighted by Gasteiger charge is -2.19. The number of hydrogen-bond acceptors (Lipinski definition) is 4. The monoisotopic (exact) mass is 420 g/mol. The standard InChI is InChI=1S/C13H18Br2N4S/c1-16-12(10-4-5-11(15)20-10)13-9(14)8-17-19(13)7-6-18(2)3/h4-5,8,12,16H,6-7H2,1-3H3. The van der Waals surface area contributed by atoms with Crippen molar-refractivity contribution in [2.24, 2.45) is 0 Å². The van der Waals surface area contributed by atoms with E-state index < -0.39 is 0 Å². The van der Waals surface area contributed by atoms with Crippen LogP contribution in [0.15, 0.2) is 26.6 Å². The fourth-order valence-corrected chi connectivity index (χ4v) is 4.09. The maximum Gasteiger partial charge on any atom is 0.0851 e. The van der Waals surface area contributed by atoms with E-state index in [0.29, 0.717) is 0 Å². The Balaban J connectivity index is 2.31. The minimum absolute atomic E-state index is 0.144. The summed E-state index contributed by atoms with van der Waals surface area (Å²) in [4.78, 5) is 3.43. The molecular formula is C13H18Br2N4S. The molecule has 1 unspecified atom stereocenters. The lowest BCUT2D eigenvalue weighted by Crippen LogP contribution is -2.25. The van der Waals surface area contributed by atoms with Gasteiger partial charge in [-0.2, -0.15) is 5.10 Å². The van der Waals surface area contributed by atoms with Crippen LogP contribution in [0, 0.1) is 0 Å². The zero-order chi connectivity index (χ0) is 14.7. The first-order valence-corrected chi connectivity index (χ1v) is 8.71. The second-order valence-corrected chi connectivity index (χ2v) is 8.12. The number of nitrogens with one attached hydrogen (secondary N) is 1. The summed E-state index contributed by atoms with van der Waals surface area (Å²) in [6.45, 7) is 1.84. The van der Waals surface area contributed by atoms with Gasteiger partial charge in [0.2, 0.25) is 0 Å². The van der Waals surface area contributed by atoms with Crippen LogP contribution in [0.2, 0.25) is 0 Å². The minimum atomic E-state index is 0.144. The largest absolute Gasteiger partial charge is 0.308 e. The summed E-state index contributed by atoms with van der Waals surface area (Å²) >= 11 is 8.90. The SMILES string of the molecule is CNC(c1ccc(Br)s1)c1c(Br)cnn1CCN(C)C. The van der Waals surface area contributed by atoms with E-state index in [1.807, 2.05) is 13.2 Å². The molecule has 4 nitrogen and oxygen atoms in total. The van der Waals surface area contributed by atoms with Gasteiger partial charge >= 0.3 is 0 Å². The predicted octanol–water partition coefficient (Wildman–Crippen LogP) is 3.34. The molecule has 0 aliphatic carbocycles. The van der Waals surface area contributed by atoms with E-state index in [0.717, 1.165) is 21.3 Å². The predicted molar refractivity (Wildman–Crippen MR) is 91.4 cm³/mol. The molecule has 0 spiro atoms. The third kappa shape index (κ3) is 3.71. The number of thiophene rings is 1. The Kier molecular flexibility index (Phi) is 5.80. The molecule has 0 saturated carbocycles. The van der Waals surface area contributed by atoms with Crippen LogP contribution in [-0.2, 0) is 6.54 Å². The van der Waals surface area contributed by atoms with E-state index >= 15 is 0 Å². The molecule has 0 fully saturated rings. The van der Waals surface area contributed by atoms with Crippen LogP contribution in [0.4, 0.5) is 0 Å². The summed E-state index contributed by atoms with van der Waals surface area (Å²) in [7, 11) is 6.13. The van der Waals surface area contributed by atoms with E-state index in [1.165, 1.54) is 10.6 Å². The maximum atomic E-state index is 4.48. The maximum absolute atomic E-state index is 4.48. The molecule has 2 aromatic heterocycles. The molecule has 1 atom stereocenters. The molecule has 0 amide bonds. The Morgan fingerprint density at radius 1 is 1.40 bits per heavy atom. The van der Waals surface area contributed by atoms with Crippen LogP contribution < -0.4 is 5.32 Å². The van der Waals surface area contributed by atoms with E-state index in [-0.39, 0.29) is 6.04 Å². The van der Waals surface area contributed by atoms with Crippen molar-refractivity contribution < 1.29 is 0 Å². The molecule has 0 radical (unpaired) electrons. The molecule has 0 aliphatic rings. The molecule has 7 heteroatoms. The van der Waals surface area contributed by atoms with Crippen molar-refractivity contribution >= 4 is 43.2 Å². The third-order valence-corrected chi connectivity index (χ3v) is 5.33. The molecule has 1 N–H and O–H groups in total. The van der Waals surface area contributed by atoms with E-state index in [2.05, 4.69) is 78.1 Å². The van der Waals surface area contributed by atoms with Gasteiger partial charge in [0.05, 0.1) is 32.7 Å². The molecule has 2 heterocycles. The van der Waals surface area contributed by atoms with Gasteiger partial charge in [0.25, 0.3) is 0 Å². The quantitative estimate of drug-likeness (QED) is 0.776. The van der Waals surface area contributed by atoms with Crippen LogP contribution >= 0.6 is 43.2 Å². The van der Waals surface area contributed by atoms with Crippen LogP contribution in [0.3, 0.4) is 0 Å². The van der Waals surface area contributed by atoms with Crippen LogP contribution in [0.5, 0.6) is 0 Å². The summed E-state index contributed by atoms with van der Waals surface area (Å²) in [5.74, 6) is 0. The second-order valence-electron chi connectivity index (χ2n) is 4.77. The second kappa shape index (κ2) is 7.17. The normalized spacial score (nSPS) is 13.1. The van der Waals surface area contributed by atoms with E-state index in [1.54, 1.807) is 11.3 Å². The lowest BCUT2D eigenvalue weighted by atomic mass is 10.1. The molecule has 0 bridgehead atoms. The van der Waals surface area contributed by atoms with Gasteiger partial charge in [-0.1, -0.05) is 0 Å². The first-order valence-electron chi connectivity index (χ1n) is 6.31. The van der Waals surface area contributed by atoms with Gasteiger partial charge in [-0.15, -0.1) is 11.3 Å². The average Bonchev–Trinajstić information content (AvgIpc) is 2.97. The third-order valence-electron chi connectivity index (χ3n) is 3.03. The van der Waals surface area contributed by atoms with Crippen molar-refractivity contribution in [2.45, 2.75) is 12.6 Å². The van der Waals surface area contributed by atoms with Crippen LogP contribution in [-0.4, -0.2) is 42.4 Å². The van der Waals surface area contributed by atoms with Crippen molar-refractivity contribution in [1.82, 2.24) is 20.0 Å². The van der Waals surface area contributed by atoms with E-state index in [9.17, 15) is 0 Å². The number of halogens is 2. The zero-order valence-electron chi connectivity index (χ0n) is 11.7. The Bertz CT molecular complexity index is 564. The molecular weight excluding hydrogens is 404 g/mol. The highest BCUT2D eigenvalue weighted by molar-refractivity contribution is 9.11. The minimum Gasteiger partial charge on any atom is -0.308 e. The van der Waals surface area contributed by atoms with Gasteiger partial charge in [-0.05, 0) is 65.1 Å². The summed E-state index contributed by atoms with van der Waals surface area (Å²) in [5.41, 5.74) is 1.17. The van der Waals surface area contributed by atoms with Crippen molar-refractivity contribution in [3.63, 3.8) is 0 Å². The number of likely N-dealkylation sites (N-methyl/N-ethyl adjacent to an activating group) is 1. The number of hydrogen-bond donors (Lipinski definition) is 1. The van der Waals surface area contributed by atoms with Crippen LogP contribution in [0.1, 0.15) is 16.6 Å². The van der Waals surface area contributed by atoms with Gasteiger partial charge in [0, 0.05) is 11.4 Å². The number of rotatable bonds is 6. The number of nitrogens with zero attached hydrogens (tertiary/aromatic N) is 3. The van der Waals surface area contributed by atoms with Gasteiger partial charge in [-0.3, -0.25) is 4.68 Å². The fraction of sp³-hybridized carbons (Fsp3) is 0.462. The first kappa shape index (κ1) is 16.2. The smallest absolute Gasteiger partial charge is 0.0851 e. The Labute approximate surface area is 140 Å². The van der Waals surface area contributed by atoms with Gasteiger partial charge in [0.1, 0.15) is 0 Å². The molecule has 0 aliphatic heterocycles. The topological polar surface area (TPSA) is 33.1 Å². The van der Waals surface area contributed by atoms with Gasteiger partial charge in [0.15, 0.2) is 0 Å². The molecule has 20 heavy (non-hydrogen) atoms. The number of aromatic nitrogens is 2. The first-order chi connectivity index (χ1) is 9.52. The highest BCUT2D eigenvalue weighted by atomic mass is 79.9. The molecule has 2 aromatic rings. The summed E-state index contributed by atoms with van der Waals surface area (Å²) in [6.07, 6.45) is 1.87. The Hall–Kier alpha value is -0.210. The molecule has 0 aromatic carbocycles. The van der Waals surface area contributed by atoms with E-state index in [4.69, 9.17) is 0 Å². The lowest BCUT2D eigenvalue weighted by molar-refractivity contribution is 0.366. The van der Waals surface area contributed by atoms with Gasteiger partial charge < -0.3 is 10.2 Å². The summed E-state index contributed by atoms with van der Waals surface area (Å²) in [5, 5.41) is 7.87. The summed E-state index contributed by atoms with van der Waals surface area (Å²) in [6, 6.07) is 4.37. The molecule has 2 rings (SSSR count). The van der Waals surface area contributed by atoms with Gasteiger partial charge in [-0.25, -0.2) is 0 Å². The Morgan fingerprint density at radius 3 is 2.70 bits per heavy atom. The van der Waals surface area contributed by atoms with Crippen LogP contribution in [0.25, 0.3) is 0 Å². The highest BCUT2D eigenvalue weighted by Gasteiger charge is 2.21. The van der Waals surface area contributed by atoms with Crippen molar-refractivity contribution in [3.05, 3.63) is 37.2 Å². The zero-order valence-corrected chi connectivity index (χ0v) is 15.7. The van der Waals surface area contributed by atoms with Crippen molar-refractivity contribution in [1.29, 1.82) is 0 Å². The van der Waals surface area contributed by atoms with Crippen molar-refractivity contribution in [3.8, 4) is 0 Å². The molecule has 0 saturated heterocycles. The molecule has 110 valence electrons. The Morgan fingerprint density at radius 2 is 2.15 bits per heavy atom.